The Morgan fingerprint density at radius 2 is 1.85 bits per heavy atom. The molecule has 3 aromatic rings. The Morgan fingerprint density at radius 3 is 2.47 bits per heavy atom. The van der Waals surface area contributed by atoms with Gasteiger partial charge in [0.2, 0.25) is 11.8 Å². The van der Waals surface area contributed by atoms with E-state index >= 15 is 0 Å². The fourth-order valence-electron chi connectivity index (χ4n) is 4.29. The molecule has 1 aliphatic carbocycles. The van der Waals surface area contributed by atoms with Crippen LogP contribution in [0.3, 0.4) is 0 Å². The summed E-state index contributed by atoms with van der Waals surface area (Å²) in [7, 11) is 1.49. The van der Waals surface area contributed by atoms with Crippen molar-refractivity contribution in [1.29, 1.82) is 0 Å². The number of aromatic nitrogens is 5. The highest BCUT2D eigenvalue weighted by molar-refractivity contribution is 5.90. The van der Waals surface area contributed by atoms with Gasteiger partial charge in [-0.25, -0.2) is 19.5 Å². The zero-order chi connectivity index (χ0) is 24.5. The number of hydrogen-bond acceptors (Lipinski definition) is 7. The van der Waals surface area contributed by atoms with Crippen LogP contribution in [0.4, 0.5) is 19.1 Å². The third-order valence-corrected chi connectivity index (χ3v) is 5.97. The van der Waals surface area contributed by atoms with Crippen molar-refractivity contribution in [2.45, 2.75) is 63.3 Å². The molecule has 4 rings (SSSR count). The standard InChI is InChI=1S/C22H26F3N7O2/c1-12(8-22(23,24)25)30-21-29-11-18-16(14-9-27-19(28-10-14)20(34)26-2)7-17(32(18)31-21)13-3-5-15(33)6-4-13/h7,9-13,15,33H,3-6,8H2,1-2H3,(H,26,34)(H,30,31)/t12-,13?,15?/m0/s1. The third kappa shape index (κ3) is 5.27. The maximum atomic E-state index is 12.7. The number of fused-ring (bicyclic) bond motifs is 1. The quantitative estimate of drug-likeness (QED) is 0.499. The van der Waals surface area contributed by atoms with Crippen molar-refractivity contribution >= 4 is 17.4 Å². The lowest BCUT2D eigenvalue weighted by Gasteiger charge is -2.25. The number of halogens is 3. The van der Waals surface area contributed by atoms with Gasteiger partial charge in [0.05, 0.1) is 24.2 Å². The van der Waals surface area contributed by atoms with Crippen LogP contribution in [0.5, 0.6) is 0 Å². The summed E-state index contributed by atoms with van der Waals surface area (Å²) in [5, 5.41) is 19.6. The number of carbonyl (C=O) groups excluding carboxylic acids is 1. The minimum Gasteiger partial charge on any atom is -0.393 e. The average Bonchev–Trinajstić information content (AvgIpc) is 3.16. The fraction of sp³-hybridized carbons (Fsp3) is 0.500. The van der Waals surface area contributed by atoms with Crippen LogP contribution in [-0.2, 0) is 0 Å². The summed E-state index contributed by atoms with van der Waals surface area (Å²) in [6, 6.07) is 1.06. The Balaban J connectivity index is 1.72. The molecule has 182 valence electrons. The summed E-state index contributed by atoms with van der Waals surface area (Å²) >= 11 is 0. The lowest BCUT2D eigenvalue weighted by atomic mass is 9.85. The number of hydrogen-bond donors (Lipinski definition) is 3. The van der Waals surface area contributed by atoms with E-state index in [1.807, 2.05) is 6.07 Å². The number of rotatable bonds is 6. The Hall–Kier alpha value is -3.28. The molecule has 1 aliphatic rings. The molecule has 0 aliphatic heterocycles. The second kappa shape index (κ2) is 9.53. The largest absolute Gasteiger partial charge is 0.393 e. The molecule has 1 atom stereocenters. The number of nitrogens with one attached hydrogen (secondary N) is 2. The van der Waals surface area contributed by atoms with Crippen LogP contribution in [0.25, 0.3) is 16.6 Å². The van der Waals surface area contributed by atoms with Crippen molar-refractivity contribution in [3.8, 4) is 11.1 Å². The highest BCUT2D eigenvalue weighted by atomic mass is 19.4. The average molecular weight is 477 g/mol. The van der Waals surface area contributed by atoms with Gasteiger partial charge in [0.15, 0.2) is 0 Å². The van der Waals surface area contributed by atoms with Crippen molar-refractivity contribution in [1.82, 2.24) is 29.9 Å². The zero-order valence-electron chi connectivity index (χ0n) is 18.8. The molecule has 0 radical (unpaired) electrons. The van der Waals surface area contributed by atoms with Crippen LogP contribution in [0.1, 0.15) is 61.3 Å². The van der Waals surface area contributed by atoms with E-state index in [9.17, 15) is 23.1 Å². The van der Waals surface area contributed by atoms with Gasteiger partial charge < -0.3 is 15.7 Å². The van der Waals surface area contributed by atoms with Crippen LogP contribution in [-0.4, -0.2) is 60.9 Å². The van der Waals surface area contributed by atoms with Crippen LogP contribution in [0, 0.1) is 0 Å². The summed E-state index contributed by atoms with van der Waals surface area (Å²) in [6.45, 7) is 1.43. The second-order valence-electron chi connectivity index (χ2n) is 8.61. The van der Waals surface area contributed by atoms with Gasteiger partial charge in [-0.05, 0) is 38.7 Å². The Morgan fingerprint density at radius 1 is 1.18 bits per heavy atom. The zero-order valence-corrected chi connectivity index (χ0v) is 18.8. The number of nitrogens with zero attached hydrogens (tertiary/aromatic N) is 5. The van der Waals surface area contributed by atoms with E-state index in [0.29, 0.717) is 23.9 Å². The molecule has 1 fully saturated rings. The van der Waals surface area contributed by atoms with Crippen molar-refractivity contribution in [3.63, 3.8) is 0 Å². The van der Waals surface area contributed by atoms with Gasteiger partial charge in [0, 0.05) is 48.2 Å². The Kier molecular flexibility index (Phi) is 6.69. The molecule has 0 saturated heterocycles. The van der Waals surface area contributed by atoms with Crippen molar-refractivity contribution in [2.24, 2.45) is 0 Å². The Bertz CT molecular complexity index is 1160. The monoisotopic (exact) mass is 477 g/mol. The predicted octanol–water partition coefficient (Wildman–Crippen LogP) is 3.32. The number of amides is 1. The number of alkyl halides is 3. The summed E-state index contributed by atoms with van der Waals surface area (Å²) in [5.74, 6) is -0.153. The molecule has 0 aromatic carbocycles. The first-order valence-electron chi connectivity index (χ1n) is 11.1. The first-order valence-corrected chi connectivity index (χ1v) is 11.1. The Labute approximate surface area is 193 Å². The smallest absolute Gasteiger partial charge is 0.391 e. The lowest BCUT2D eigenvalue weighted by molar-refractivity contribution is -0.136. The minimum atomic E-state index is -4.30. The molecular formula is C22H26F3N7O2. The molecule has 3 aromatic heterocycles. The first kappa shape index (κ1) is 23.9. The van der Waals surface area contributed by atoms with E-state index < -0.39 is 24.5 Å². The summed E-state index contributed by atoms with van der Waals surface area (Å²) in [6.07, 6.45) is 1.84. The molecular weight excluding hydrogens is 451 g/mol. The van der Waals surface area contributed by atoms with E-state index in [1.54, 1.807) is 23.1 Å². The molecule has 1 saturated carbocycles. The number of aliphatic hydroxyl groups excluding tert-OH is 1. The number of carbonyl (C=O) groups is 1. The number of aliphatic hydroxyl groups is 1. The third-order valence-electron chi connectivity index (χ3n) is 5.97. The van der Waals surface area contributed by atoms with Crippen LogP contribution < -0.4 is 10.6 Å². The molecule has 0 unspecified atom stereocenters. The van der Waals surface area contributed by atoms with Crippen molar-refractivity contribution in [3.05, 3.63) is 36.2 Å². The van der Waals surface area contributed by atoms with E-state index in [1.165, 1.54) is 14.0 Å². The van der Waals surface area contributed by atoms with E-state index in [2.05, 4.69) is 30.7 Å². The van der Waals surface area contributed by atoms with Crippen LogP contribution in [0.15, 0.2) is 24.7 Å². The van der Waals surface area contributed by atoms with E-state index in [0.717, 1.165) is 24.1 Å². The molecule has 34 heavy (non-hydrogen) atoms. The molecule has 12 heteroatoms. The van der Waals surface area contributed by atoms with Crippen molar-refractivity contribution < 1.29 is 23.1 Å². The highest BCUT2D eigenvalue weighted by Crippen LogP contribution is 2.37. The van der Waals surface area contributed by atoms with Crippen LogP contribution in [0.2, 0.25) is 0 Å². The molecule has 9 nitrogen and oxygen atoms in total. The summed E-state index contributed by atoms with van der Waals surface area (Å²) in [4.78, 5) is 24.3. The molecule has 0 bridgehead atoms. The van der Waals surface area contributed by atoms with Gasteiger partial charge in [0.25, 0.3) is 5.91 Å². The maximum absolute atomic E-state index is 12.7. The van der Waals surface area contributed by atoms with Gasteiger partial charge in [-0.15, -0.1) is 5.10 Å². The van der Waals surface area contributed by atoms with Gasteiger partial charge >= 0.3 is 6.18 Å². The fourth-order valence-corrected chi connectivity index (χ4v) is 4.29. The second-order valence-corrected chi connectivity index (χ2v) is 8.61. The summed E-state index contributed by atoms with van der Waals surface area (Å²) in [5.41, 5.74) is 2.93. The highest BCUT2D eigenvalue weighted by Gasteiger charge is 2.30. The van der Waals surface area contributed by atoms with Crippen molar-refractivity contribution in [2.75, 3.05) is 12.4 Å². The van der Waals surface area contributed by atoms with Gasteiger partial charge in [0.1, 0.15) is 0 Å². The van der Waals surface area contributed by atoms with Gasteiger partial charge in [-0.1, -0.05) is 0 Å². The van der Waals surface area contributed by atoms with E-state index in [-0.39, 0.29) is 23.8 Å². The SMILES string of the molecule is CNC(=O)c1ncc(-c2cc(C3CCC(O)CC3)n3nc(N[C@@H](C)CC(F)(F)F)ncc23)cn1. The first-order chi connectivity index (χ1) is 16.1. The topological polar surface area (TPSA) is 117 Å². The molecule has 1 amide bonds. The maximum Gasteiger partial charge on any atom is 0.391 e. The molecule has 3 N–H and O–H groups in total. The van der Waals surface area contributed by atoms with Gasteiger partial charge in [-0.2, -0.15) is 13.2 Å². The molecule has 0 spiro atoms. The normalized spacial score (nSPS) is 19.7. The minimum absolute atomic E-state index is 0.0395. The van der Waals surface area contributed by atoms with Crippen LogP contribution >= 0.6 is 0 Å². The molecule has 3 heterocycles. The number of anilines is 1. The van der Waals surface area contributed by atoms with E-state index in [4.69, 9.17) is 0 Å². The summed E-state index contributed by atoms with van der Waals surface area (Å²) < 4.78 is 39.9. The van der Waals surface area contributed by atoms with Gasteiger partial charge in [-0.3, -0.25) is 4.79 Å². The lowest BCUT2D eigenvalue weighted by Crippen LogP contribution is -2.25. The predicted molar refractivity (Wildman–Crippen MR) is 118 cm³/mol.